The van der Waals surface area contributed by atoms with Crippen LogP contribution in [0.5, 0.6) is 0 Å². The van der Waals surface area contributed by atoms with E-state index in [1.54, 1.807) is 22.0 Å². The molecule has 1 aliphatic rings. The van der Waals surface area contributed by atoms with Gasteiger partial charge < -0.3 is 4.90 Å². The standard InChI is InChI=1S/C19H17ClN4O2/c1-12(25)23-8-6-15-17(10-23)22-11-24(19(15)26)9-13-4-5-16(20)14-3-2-7-21-18(13)14/h2-5,7,11H,6,8-10H2,1H3. The summed E-state index contributed by atoms with van der Waals surface area (Å²) in [5.74, 6) is 0.000312. The zero-order valence-electron chi connectivity index (χ0n) is 14.3. The molecule has 0 radical (unpaired) electrons. The number of aromatic nitrogens is 3. The third-order valence-electron chi connectivity index (χ3n) is 4.78. The molecule has 1 aromatic carbocycles. The maximum absolute atomic E-state index is 12.9. The SMILES string of the molecule is CC(=O)N1CCc2c(ncn(Cc3ccc(Cl)c4cccnc34)c2=O)C1. The van der Waals surface area contributed by atoms with Gasteiger partial charge in [-0.25, -0.2) is 4.98 Å². The minimum atomic E-state index is -0.0581. The van der Waals surface area contributed by atoms with Crippen molar-refractivity contribution in [3.8, 4) is 0 Å². The number of benzene rings is 1. The average Bonchev–Trinajstić information content (AvgIpc) is 2.66. The molecule has 1 aliphatic heterocycles. The number of halogens is 1. The highest BCUT2D eigenvalue weighted by Crippen LogP contribution is 2.25. The second-order valence-electron chi connectivity index (χ2n) is 6.40. The Bertz CT molecular complexity index is 1080. The van der Waals surface area contributed by atoms with Crippen molar-refractivity contribution in [3.63, 3.8) is 0 Å². The Morgan fingerprint density at radius 2 is 2.12 bits per heavy atom. The van der Waals surface area contributed by atoms with Crippen LogP contribution in [0.25, 0.3) is 10.9 Å². The van der Waals surface area contributed by atoms with E-state index in [4.69, 9.17) is 11.6 Å². The zero-order valence-corrected chi connectivity index (χ0v) is 15.0. The van der Waals surface area contributed by atoms with E-state index >= 15 is 0 Å². The van der Waals surface area contributed by atoms with Crippen LogP contribution < -0.4 is 5.56 Å². The number of rotatable bonds is 2. The molecule has 6 nitrogen and oxygen atoms in total. The van der Waals surface area contributed by atoms with Crippen molar-refractivity contribution in [1.29, 1.82) is 0 Å². The number of hydrogen-bond donors (Lipinski definition) is 0. The number of carbonyl (C=O) groups is 1. The van der Waals surface area contributed by atoms with Gasteiger partial charge in [0.15, 0.2) is 0 Å². The Labute approximate surface area is 155 Å². The summed E-state index contributed by atoms with van der Waals surface area (Å²) in [5, 5.41) is 1.50. The predicted molar refractivity (Wildman–Crippen MR) is 99.1 cm³/mol. The normalized spacial score (nSPS) is 13.7. The van der Waals surface area contributed by atoms with E-state index in [1.807, 2.05) is 24.3 Å². The summed E-state index contributed by atoms with van der Waals surface area (Å²) in [6, 6.07) is 7.47. The average molecular weight is 369 g/mol. The number of pyridine rings is 1. The number of nitrogens with zero attached hydrogens (tertiary/aromatic N) is 4. The minimum absolute atomic E-state index is 0.000312. The third-order valence-corrected chi connectivity index (χ3v) is 5.11. The molecule has 132 valence electrons. The van der Waals surface area contributed by atoms with E-state index in [0.29, 0.717) is 42.3 Å². The first-order chi connectivity index (χ1) is 12.5. The van der Waals surface area contributed by atoms with Crippen molar-refractivity contribution in [2.24, 2.45) is 0 Å². The molecule has 0 atom stereocenters. The van der Waals surface area contributed by atoms with Crippen LogP contribution in [0.3, 0.4) is 0 Å². The molecule has 4 rings (SSSR count). The molecule has 0 N–H and O–H groups in total. The van der Waals surface area contributed by atoms with Crippen molar-refractivity contribution in [2.75, 3.05) is 6.54 Å². The minimum Gasteiger partial charge on any atom is -0.337 e. The van der Waals surface area contributed by atoms with Gasteiger partial charge in [-0.2, -0.15) is 0 Å². The molecule has 2 aromatic heterocycles. The van der Waals surface area contributed by atoms with Crippen LogP contribution in [0, 0.1) is 0 Å². The highest BCUT2D eigenvalue weighted by atomic mass is 35.5. The summed E-state index contributed by atoms with van der Waals surface area (Å²) in [4.78, 5) is 35.0. The van der Waals surface area contributed by atoms with Crippen LogP contribution in [0.15, 0.2) is 41.6 Å². The smallest absolute Gasteiger partial charge is 0.257 e. The van der Waals surface area contributed by atoms with E-state index in [-0.39, 0.29) is 11.5 Å². The largest absolute Gasteiger partial charge is 0.337 e. The maximum Gasteiger partial charge on any atom is 0.257 e. The summed E-state index contributed by atoms with van der Waals surface area (Å²) in [6.45, 7) is 2.85. The third kappa shape index (κ3) is 2.86. The predicted octanol–water partition coefficient (Wildman–Crippen LogP) is 2.40. The van der Waals surface area contributed by atoms with Gasteiger partial charge in [-0.15, -0.1) is 0 Å². The first-order valence-electron chi connectivity index (χ1n) is 8.39. The molecule has 0 aliphatic carbocycles. The molecule has 0 fully saturated rings. The van der Waals surface area contributed by atoms with Gasteiger partial charge in [0, 0.05) is 35.6 Å². The molecule has 0 saturated heterocycles. The Kier molecular flexibility index (Phi) is 4.20. The zero-order chi connectivity index (χ0) is 18.3. The fourth-order valence-corrected chi connectivity index (χ4v) is 3.56. The van der Waals surface area contributed by atoms with Crippen molar-refractivity contribution >= 4 is 28.4 Å². The number of fused-ring (bicyclic) bond motifs is 2. The maximum atomic E-state index is 12.9. The van der Waals surface area contributed by atoms with Gasteiger partial charge in [0.1, 0.15) is 0 Å². The van der Waals surface area contributed by atoms with Crippen molar-refractivity contribution in [3.05, 3.63) is 69.0 Å². The van der Waals surface area contributed by atoms with Gasteiger partial charge in [-0.3, -0.25) is 19.1 Å². The van der Waals surface area contributed by atoms with Gasteiger partial charge in [0.25, 0.3) is 5.56 Å². The highest BCUT2D eigenvalue weighted by Gasteiger charge is 2.22. The van der Waals surface area contributed by atoms with E-state index in [1.165, 1.54) is 6.92 Å². The van der Waals surface area contributed by atoms with Crippen LogP contribution in [0.1, 0.15) is 23.7 Å². The summed E-state index contributed by atoms with van der Waals surface area (Å²) < 4.78 is 1.60. The van der Waals surface area contributed by atoms with E-state index in [0.717, 1.165) is 16.5 Å². The van der Waals surface area contributed by atoms with Crippen LogP contribution in [0.2, 0.25) is 5.02 Å². The fourth-order valence-electron chi connectivity index (χ4n) is 3.35. The Morgan fingerprint density at radius 1 is 1.27 bits per heavy atom. The second kappa shape index (κ2) is 6.53. The quantitative estimate of drug-likeness (QED) is 0.696. The lowest BCUT2D eigenvalue weighted by Crippen LogP contribution is -2.39. The van der Waals surface area contributed by atoms with E-state index in [2.05, 4.69) is 9.97 Å². The Balaban J connectivity index is 1.72. The van der Waals surface area contributed by atoms with Crippen LogP contribution in [-0.4, -0.2) is 31.9 Å². The van der Waals surface area contributed by atoms with Gasteiger partial charge in [0.2, 0.25) is 5.91 Å². The van der Waals surface area contributed by atoms with Gasteiger partial charge in [0.05, 0.1) is 30.6 Å². The Morgan fingerprint density at radius 3 is 2.92 bits per heavy atom. The lowest BCUT2D eigenvalue weighted by molar-refractivity contribution is -0.129. The number of amides is 1. The monoisotopic (exact) mass is 368 g/mol. The molecular formula is C19H17ClN4O2. The van der Waals surface area contributed by atoms with Gasteiger partial charge in [-0.05, 0) is 30.2 Å². The number of hydrogen-bond acceptors (Lipinski definition) is 4. The lowest BCUT2D eigenvalue weighted by Gasteiger charge is -2.27. The molecular weight excluding hydrogens is 352 g/mol. The van der Waals surface area contributed by atoms with E-state index < -0.39 is 0 Å². The first kappa shape index (κ1) is 16.7. The highest BCUT2D eigenvalue weighted by molar-refractivity contribution is 6.35. The van der Waals surface area contributed by atoms with Crippen molar-refractivity contribution < 1.29 is 4.79 Å². The summed E-state index contributed by atoms with van der Waals surface area (Å²) in [6.07, 6.45) is 3.79. The first-order valence-corrected chi connectivity index (χ1v) is 8.77. The van der Waals surface area contributed by atoms with Gasteiger partial charge >= 0.3 is 0 Å². The van der Waals surface area contributed by atoms with Crippen LogP contribution in [0.4, 0.5) is 0 Å². The van der Waals surface area contributed by atoms with E-state index in [9.17, 15) is 9.59 Å². The molecule has 26 heavy (non-hydrogen) atoms. The molecule has 0 spiro atoms. The summed E-state index contributed by atoms with van der Waals surface area (Å²) in [5.41, 5.74) is 3.02. The summed E-state index contributed by atoms with van der Waals surface area (Å²) >= 11 is 6.24. The molecule has 7 heteroatoms. The van der Waals surface area contributed by atoms with Crippen LogP contribution >= 0.6 is 11.6 Å². The molecule has 0 unspecified atom stereocenters. The molecule has 3 aromatic rings. The second-order valence-corrected chi connectivity index (χ2v) is 6.81. The molecule has 0 bridgehead atoms. The van der Waals surface area contributed by atoms with Gasteiger partial charge in [-0.1, -0.05) is 17.7 Å². The van der Waals surface area contributed by atoms with Crippen LogP contribution in [-0.2, 0) is 24.3 Å². The summed E-state index contributed by atoms with van der Waals surface area (Å²) in [7, 11) is 0. The fraction of sp³-hybridized carbons (Fsp3) is 0.263. The molecule has 0 saturated carbocycles. The van der Waals surface area contributed by atoms with Crippen molar-refractivity contribution in [2.45, 2.75) is 26.4 Å². The topological polar surface area (TPSA) is 68.1 Å². The molecule has 1 amide bonds. The van der Waals surface area contributed by atoms with Crippen molar-refractivity contribution in [1.82, 2.24) is 19.4 Å². The lowest BCUT2D eigenvalue weighted by atomic mass is 10.1. The molecule has 3 heterocycles. The number of carbonyl (C=O) groups excluding carboxylic acids is 1. The Hall–Kier alpha value is -2.73.